The van der Waals surface area contributed by atoms with E-state index in [2.05, 4.69) is 18.4 Å². The van der Waals surface area contributed by atoms with Crippen molar-refractivity contribution in [3.05, 3.63) is 56.7 Å². The predicted molar refractivity (Wildman–Crippen MR) is 87.9 cm³/mol. The lowest BCUT2D eigenvalue weighted by Gasteiger charge is -2.35. The van der Waals surface area contributed by atoms with E-state index >= 15 is 0 Å². The summed E-state index contributed by atoms with van der Waals surface area (Å²) in [7, 11) is 0. The summed E-state index contributed by atoms with van der Waals surface area (Å²) in [6.45, 7) is 2.96. The Balaban J connectivity index is 1.80. The van der Waals surface area contributed by atoms with Crippen LogP contribution in [0.1, 0.15) is 35.4 Å². The number of amides is 1. The molecular weight excluding hydrogens is 302 g/mol. The summed E-state index contributed by atoms with van der Waals surface area (Å²) < 4.78 is 0. The first-order valence-corrected chi connectivity index (χ1v) is 8.55. The normalized spacial score (nSPS) is 17.6. The van der Waals surface area contributed by atoms with E-state index in [1.54, 1.807) is 11.3 Å². The number of nitrogens with zero attached hydrogens (tertiary/aromatic N) is 1. The predicted octanol–water partition coefficient (Wildman–Crippen LogP) is 4.48. The van der Waals surface area contributed by atoms with Crippen molar-refractivity contribution in [1.82, 2.24) is 4.90 Å². The van der Waals surface area contributed by atoms with Gasteiger partial charge in [0.1, 0.15) is 0 Å². The van der Waals surface area contributed by atoms with Crippen molar-refractivity contribution in [1.29, 1.82) is 0 Å². The molecule has 0 fully saturated rings. The zero-order valence-corrected chi connectivity index (χ0v) is 13.6. The molecule has 0 N–H and O–H groups in total. The van der Waals surface area contributed by atoms with Crippen LogP contribution in [0.4, 0.5) is 0 Å². The minimum Gasteiger partial charge on any atom is -0.335 e. The first-order valence-electron chi connectivity index (χ1n) is 7.30. The second kappa shape index (κ2) is 6.20. The second-order valence-electron chi connectivity index (χ2n) is 5.33. The molecule has 0 spiro atoms. The van der Waals surface area contributed by atoms with Crippen molar-refractivity contribution in [2.24, 2.45) is 0 Å². The minimum absolute atomic E-state index is 0.173. The average molecular weight is 320 g/mol. The molecule has 1 atom stereocenters. The van der Waals surface area contributed by atoms with E-state index in [4.69, 9.17) is 11.6 Å². The number of rotatable bonds is 3. The van der Waals surface area contributed by atoms with Crippen molar-refractivity contribution in [3.8, 4) is 0 Å². The number of fused-ring (bicyclic) bond motifs is 1. The van der Waals surface area contributed by atoms with E-state index in [-0.39, 0.29) is 11.9 Å². The summed E-state index contributed by atoms with van der Waals surface area (Å²) in [4.78, 5) is 16.2. The van der Waals surface area contributed by atoms with Gasteiger partial charge in [0, 0.05) is 16.4 Å². The van der Waals surface area contributed by atoms with Gasteiger partial charge >= 0.3 is 0 Å². The molecule has 0 aliphatic carbocycles. The maximum Gasteiger partial charge on any atom is 0.227 e. The third-order valence-corrected chi connectivity index (χ3v) is 5.47. The number of hydrogen-bond acceptors (Lipinski definition) is 2. The molecule has 2 aromatic rings. The van der Waals surface area contributed by atoms with Crippen LogP contribution in [0, 0.1) is 0 Å². The van der Waals surface area contributed by atoms with E-state index in [9.17, 15) is 4.79 Å². The first kappa shape index (κ1) is 14.6. The van der Waals surface area contributed by atoms with Crippen LogP contribution in [0.15, 0.2) is 35.7 Å². The van der Waals surface area contributed by atoms with Gasteiger partial charge < -0.3 is 4.90 Å². The fraction of sp³-hybridized carbons (Fsp3) is 0.353. The van der Waals surface area contributed by atoms with Crippen molar-refractivity contribution in [3.63, 3.8) is 0 Å². The summed E-state index contributed by atoms with van der Waals surface area (Å²) in [5, 5.41) is 2.81. The summed E-state index contributed by atoms with van der Waals surface area (Å²) >= 11 is 7.98. The monoisotopic (exact) mass is 319 g/mol. The third kappa shape index (κ3) is 2.85. The molecule has 0 saturated carbocycles. The van der Waals surface area contributed by atoms with Gasteiger partial charge in [0.15, 0.2) is 0 Å². The van der Waals surface area contributed by atoms with Gasteiger partial charge in [0.05, 0.1) is 12.5 Å². The van der Waals surface area contributed by atoms with Gasteiger partial charge in [-0.15, -0.1) is 11.3 Å². The number of halogens is 1. The van der Waals surface area contributed by atoms with Gasteiger partial charge in [-0.1, -0.05) is 36.7 Å². The first-order chi connectivity index (χ1) is 10.2. The van der Waals surface area contributed by atoms with Gasteiger partial charge in [-0.25, -0.2) is 0 Å². The molecule has 1 aromatic carbocycles. The van der Waals surface area contributed by atoms with E-state index in [0.717, 1.165) is 24.9 Å². The van der Waals surface area contributed by atoms with Gasteiger partial charge in [-0.05, 0) is 41.5 Å². The number of thiophene rings is 1. The number of carbonyl (C=O) groups is 1. The molecule has 0 radical (unpaired) electrons. The summed E-state index contributed by atoms with van der Waals surface area (Å²) in [5.41, 5.74) is 2.25. The van der Waals surface area contributed by atoms with Crippen molar-refractivity contribution in [2.45, 2.75) is 32.2 Å². The SMILES string of the molecule is CCC1c2ccsc2CCN1C(=O)Cc1ccccc1Cl. The lowest BCUT2D eigenvalue weighted by Crippen LogP contribution is -2.40. The maximum atomic E-state index is 12.7. The van der Waals surface area contributed by atoms with Crippen molar-refractivity contribution < 1.29 is 4.79 Å². The highest BCUT2D eigenvalue weighted by Gasteiger charge is 2.30. The van der Waals surface area contributed by atoms with Gasteiger partial charge in [-0.3, -0.25) is 4.79 Å². The molecule has 4 heteroatoms. The molecule has 1 amide bonds. The Labute approximate surface area is 134 Å². The van der Waals surface area contributed by atoms with E-state index in [1.807, 2.05) is 29.2 Å². The topological polar surface area (TPSA) is 20.3 Å². The maximum absolute atomic E-state index is 12.7. The van der Waals surface area contributed by atoms with Gasteiger partial charge in [0.2, 0.25) is 5.91 Å². The highest BCUT2D eigenvalue weighted by molar-refractivity contribution is 7.10. The van der Waals surface area contributed by atoms with E-state index in [0.29, 0.717) is 11.4 Å². The zero-order valence-electron chi connectivity index (χ0n) is 12.0. The molecular formula is C17H18ClNOS. The zero-order chi connectivity index (χ0) is 14.8. The summed E-state index contributed by atoms with van der Waals surface area (Å²) in [6, 6.07) is 9.98. The quantitative estimate of drug-likeness (QED) is 0.816. The fourth-order valence-corrected chi connectivity index (χ4v) is 4.17. The van der Waals surface area contributed by atoms with Crippen LogP contribution in [0.5, 0.6) is 0 Å². The Bertz CT molecular complexity index is 652. The van der Waals surface area contributed by atoms with Crippen LogP contribution in [-0.4, -0.2) is 17.4 Å². The number of benzene rings is 1. The van der Waals surface area contributed by atoms with Crippen LogP contribution in [-0.2, 0) is 17.6 Å². The highest BCUT2D eigenvalue weighted by Crippen LogP contribution is 2.35. The highest BCUT2D eigenvalue weighted by atomic mass is 35.5. The molecule has 2 nitrogen and oxygen atoms in total. The fourth-order valence-electron chi connectivity index (χ4n) is 3.04. The lowest BCUT2D eigenvalue weighted by molar-refractivity contribution is -0.133. The Morgan fingerprint density at radius 2 is 2.19 bits per heavy atom. The molecule has 0 bridgehead atoms. The van der Waals surface area contributed by atoms with E-state index in [1.165, 1.54) is 10.4 Å². The van der Waals surface area contributed by atoms with Crippen LogP contribution in [0.2, 0.25) is 5.02 Å². The molecule has 110 valence electrons. The molecule has 0 saturated heterocycles. The Hall–Kier alpha value is -1.32. The third-order valence-electron chi connectivity index (χ3n) is 4.10. The number of carbonyl (C=O) groups excluding carboxylic acids is 1. The molecule has 1 aromatic heterocycles. The Morgan fingerprint density at radius 1 is 1.38 bits per heavy atom. The minimum atomic E-state index is 0.173. The Kier molecular flexibility index (Phi) is 4.32. The Morgan fingerprint density at radius 3 is 2.95 bits per heavy atom. The van der Waals surface area contributed by atoms with E-state index < -0.39 is 0 Å². The van der Waals surface area contributed by atoms with Crippen LogP contribution >= 0.6 is 22.9 Å². The molecule has 21 heavy (non-hydrogen) atoms. The average Bonchev–Trinajstić information content (AvgIpc) is 2.97. The number of hydrogen-bond donors (Lipinski definition) is 0. The molecule has 2 heterocycles. The van der Waals surface area contributed by atoms with Crippen LogP contribution in [0.25, 0.3) is 0 Å². The smallest absolute Gasteiger partial charge is 0.227 e. The summed E-state index contributed by atoms with van der Waals surface area (Å²) in [6.07, 6.45) is 2.31. The molecule has 1 aliphatic heterocycles. The van der Waals surface area contributed by atoms with Gasteiger partial charge in [0.25, 0.3) is 0 Å². The van der Waals surface area contributed by atoms with Crippen molar-refractivity contribution in [2.75, 3.05) is 6.54 Å². The molecule has 1 aliphatic rings. The van der Waals surface area contributed by atoms with Crippen molar-refractivity contribution >= 4 is 28.8 Å². The molecule has 1 unspecified atom stereocenters. The van der Waals surface area contributed by atoms with Crippen LogP contribution < -0.4 is 0 Å². The van der Waals surface area contributed by atoms with Gasteiger partial charge in [-0.2, -0.15) is 0 Å². The second-order valence-corrected chi connectivity index (χ2v) is 6.74. The standard InChI is InChI=1S/C17H18ClNOS/c1-2-15-13-8-10-21-16(13)7-9-19(15)17(20)11-12-5-3-4-6-14(12)18/h3-6,8,10,15H,2,7,9,11H2,1H3. The van der Waals surface area contributed by atoms with Crippen LogP contribution in [0.3, 0.4) is 0 Å². The largest absolute Gasteiger partial charge is 0.335 e. The molecule has 3 rings (SSSR count). The lowest BCUT2D eigenvalue weighted by atomic mass is 9.97. The summed E-state index contributed by atoms with van der Waals surface area (Å²) in [5.74, 6) is 0.173.